The molecule has 1 atom stereocenters. The van der Waals surface area contributed by atoms with Gasteiger partial charge in [-0.15, -0.1) is 0 Å². The predicted octanol–water partition coefficient (Wildman–Crippen LogP) is 2.43. The Labute approximate surface area is 99.5 Å². The number of hydrogen-bond donors (Lipinski definition) is 0. The van der Waals surface area contributed by atoms with E-state index in [1.807, 2.05) is 6.07 Å². The number of hydrogen-bond acceptors (Lipinski definition) is 5. The van der Waals surface area contributed by atoms with Crippen molar-refractivity contribution < 1.29 is 19.0 Å². The van der Waals surface area contributed by atoms with Gasteiger partial charge >= 0.3 is 6.16 Å². The van der Waals surface area contributed by atoms with Gasteiger partial charge in [-0.3, -0.25) is 0 Å². The standard InChI is InChI=1S/C12H13NO4/c1-3-16-12(14)17-11(8-13)9-6-4-5-7-10(9)15-2/h4-7,11H,3H2,1-2H3. The molecular formula is C12H13NO4. The number of nitrogens with zero attached hydrogens (tertiary/aromatic N) is 1. The second-order valence-electron chi connectivity index (χ2n) is 3.05. The maximum absolute atomic E-state index is 11.1. The largest absolute Gasteiger partial charge is 0.509 e. The van der Waals surface area contributed by atoms with Crippen molar-refractivity contribution in [2.24, 2.45) is 0 Å². The Kier molecular flexibility index (Phi) is 4.82. The first kappa shape index (κ1) is 12.8. The van der Waals surface area contributed by atoms with E-state index in [-0.39, 0.29) is 6.61 Å². The van der Waals surface area contributed by atoms with Gasteiger partial charge in [-0.1, -0.05) is 18.2 Å². The van der Waals surface area contributed by atoms with Gasteiger partial charge < -0.3 is 14.2 Å². The van der Waals surface area contributed by atoms with Crippen LogP contribution in [0.2, 0.25) is 0 Å². The van der Waals surface area contributed by atoms with Crippen LogP contribution in [0.1, 0.15) is 18.6 Å². The summed E-state index contributed by atoms with van der Waals surface area (Å²) in [6.07, 6.45) is -1.91. The summed E-state index contributed by atoms with van der Waals surface area (Å²) in [5, 5.41) is 8.98. The van der Waals surface area contributed by atoms with Crippen molar-refractivity contribution in [1.82, 2.24) is 0 Å². The number of benzene rings is 1. The molecule has 0 fully saturated rings. The lowest BCUT2D eigenvalue weighted by Crippen LogP contribution is -2.12. The van der Waals surface area contributed by atoms with Gasteiger partial charge in [0.15, 0.2) is 0 Å². The maximum atomic E-state index is 11.1. The van der Waals surface area contributed by atoms with E-state index in [1.54, 1.807) is 31.2 Å². The van der Waals surface area contributed by atoms with E-state index in [4.69, 9.17) is 14.7 Å². The lowest BCUT2D eigenvalue weighted by Gasteiger charge is -2.13. The topological polar surface area (TPSA) is 68.5 Å². The number of para-hydroxylation sites is 1. The van der Waals surface area contributed by atoms with Gasteiger partial charge in [0, 0.05) is 5.56 Å². The van der Waals surface area contributed by atoms with Crippen LogP contribution in [0.15, 0.2) is 24.3 Å². The molecule has 0 aromatic heterocycles. The molecule has 0 aliphatic heterocycles. The molecule has 0 saturated heterocycles. The molecule has 0 heterocycles. The second-order valence-corrected chi connectivity index (χ2v) is 3.05. The average molecular weight is 235 g/mol. The molecule has 1 rings (SSSR count). The first-order chi connectivity index (χ1) is 8.22. The molecule has 1 unspecified atom stereocenters. The molecule has 0 radical (unpaired) electrons. The molecule has 5 heteroatoms. The number of rotatable bonds is 4. The Morgan fingerprint density at radius 2 is 2.18 bits per heavy atom. The number of ether oxygens (including phenoxy) is 3. The van der Waals surface area contributed by atoms with Crippen molar-refractivity contribution >= 4 is 6.16 Å². The average Bonchev–Trinajstić information content (AvgIpc) is 2.36. The summed E-state index contributed by atoms with van der Waals surface area (Å²) in [5.74, 6) is 0.489. The SMILES string of the molecule is CCOC(=O)OC(C#N)c1ccccc1OC. The fourth-order valence-electron chi connectivity index (χ4n) is 1.29. The molecule has 0 aliphatic carbocycles. The molecule has 1 aromatic rings. The van der Waals surface area contributed by atoms with Crippen molar-refractivity contribution in [3.05, 3.63) is 29.8 Å². The highest BCUT2D eigenvalue weighted by Gasteiger charge is 2.20. The van der Waals surface area contributed by atoms with Gasteiger partial charge in [-0.2, -0.15) is 5.26 Å². The third-order valence-electron chi connectivity index (χ3n) is 2.01. The highest BCUT2D eigenvalue weighted by Crippen LogP contribution is 2.27. The van der Waals surface area contributed by atoms with Crippen molar-refractivity contribution in [2.75, 3.05) is 13.7 Å². The van der Waals surface area contributed by atoms with Crippen molar-refractivity contribution in [1.29, 1.82) is 5.26 Å². The predicted molar refractivity (Wildman–Crippen MR) is 59.5 cm³/mol. The Morgan fingerprint density at radius 1 is 1.47 bits per heavy atom. The zero-order chi connectivity index (χ0) is 12.7. The Morgan fingerprint density at radius 3 is 2.76 bits per heavy atom. The second kappa shape index (κ2) is 6.38. The van der Waals surface area contributed by atoms with Crippen molar-refractivity contribution in [2.45, 2.75) is 13.0 Å². The third kappa shape index (κ3) is 3.38. The van der Waals surface area contributed by atoms with Crippen LogP contribution in [0.25, 0.3) is 0 Å². The summed E-state index contributed by atoms with van der Waals surface area (Å²) < 4.78 is 14.6. The van der Waals surface area contributed by atoms with Gasteiger partial charge in [0.25, 0.3) is 0 Å². The molecule has 5 nitrogen and oxygen atoms in total. The van der Waals surface area contributed by atoms with Gasteiger partial charge in [-0.25, -0.2) is 4.79 Å². The number of methoxy groups -OCH3 is 1. The number of carbonyl (C=O) groups is 1. The fourth-order valence-corrected chi connectivity index (χ4v) is 1.29. The summed E-state index contributed by atoms with van der Waals surface area (Å²) in [6.45, 7) is 1.86. The van der Waals surface area contributed by atoms with Gasteiger partial charge in [0.05, 0.1) is 13.7 Å². The first-order valence-corrected chi connectivity index (χ1v) is 5.08. The van der Waals surface area contributed by atoms with Crippen LogP contribution < -0.4 is 4.74 Å². The highest BCUT2D eigenvalue weighted by atomic mass is 16.7. The Bertz CT molecular complexity index is 425. The molecule has 0 bridgehead atoms. The molecule has 0 aliphatic rings. The molecule has 0 spiro atoms. The summed E-state index contributed by atoms with van der Waals surface area (Å²) in [4.78, 5) is 11.1. The van der Waals surface area contributed by atoms with E-state index in [1.165, 1.54) is 7.11 Å². The molecule has 0 amide bonds. The lowest BCUT2D eigenvalue weighted by atomic mass is 10.1. The minimum Gasteiger partial charge on any atom is -0.496 e. The van der Waals surface area contributed by atoms with E-state index < -0.39 is 12.3 Å². The van der Waals surface area contributed by atoms with Crippen molar-refractivity contribution in [3.8, 4) is 11.8 Å². The molecular weight excluding hydrogens is 222 g/mol. The number of carbonyl (C=O) groups excluding carboxylic acids is 1. The zero-order valence-electron chi connectivity index (χ0n) is 9.67. The van der Waals surface area contributed by atoms with E-state index in [0.717, 1.165) is 0 Å². The lowest BCUT2D eigenvalue weighted by molar-refractivity contribution is 0.0415. The first-order valence-electron chi connectivity index (χ1n) is 5.08. The monoisotopic (exact) mass is 235 g/mol. The minimum absolute atomic E-state index is 0.197. The molecule has 1 aromatic carbocycles. The minimum atomic E-state index is -1.04. The van der Waals surface area contributed by atoms with E-state index in [0.29, 0.717) is 11.3 Å². The van der Waals surface area contributed by atoms with E-state index in [9.17, 15) is 4.79 Å². The molecule has 0 saturated carbocycles. The van der Waals surface area contributed by atoms with Crippen LogP contribution in [0.4, 0.5) is 4.79 Å². The summed E-state index contributed by atoms with van der Waals surface area (Å²) in [7, 11) is 1.48. The zero-order valence-corrected chi connectivity index (χ0v) is 9.67. The fraction of sp³-hybridized carbons (Fsp3) is 0.333. The third-order valence-corrected chi connectivity index (χ3v) is 2.01. The van der Waals surface area contributed by atoms with E-state index >= 15 is 0 Å². The smallest absolute Gasteiger partial charge is 0.496 e. The highest BCUT2D eigenvalue weighted by molar-refractivity contribution is 5.61. The van der Waals surface area contributed by atoms with Gasteiger partial charge in [-0.05, 0) is 13.0 Å². The molecule has 90 valence electrons. The molecule has 0 N–H and O–H groups in total. The summed E-state index contributed by atoms with van der Waals surface area (Å²) in [6, 6.07) is 8.72. The summed E-state index contributed by atoms with van der Waals surface area (Å²) >= 11 is 0. The summed E-state index contributed by atoms with van der Waals surface area (Å²) in [5.41, 5.74) is 0.491. The van der Waals surface area contributed by atoms with Crippen LogP contribution >= 0.6 is 0 Å². The van der Waals surface area contributed by atoms with Crippen LogP contribution in [-0.2, 0) is 9.47 Å². The van der Waals surface area contributed by atoms with Crippen LogP contribution in [0.3, 0.4) is 0 Å². The van der Waals surface area contributed by atoms with E-state index in [2.05, 4.69) is 4.74 Å². The van der Waals surface area contributed by atoms with Crippen LogP contribution in [-0.4, -0.2) is 19.9 Å². The van der Waals surface area contributed by atoms with Gasteiger partial charge in [0.2, 0.25) is 6.10 Å². The number of nitriles is 1. The molecule has 17 heavy (non-hydrogen) atoms. The Balaban J connectivity index is 2.87. The maximum Gasteiger partial charge on any atom is 0.509 e. The van der Waals surface area contributed by atoms with Gasteiger partial charge in [0.1, 0.15) is 11.8 Å². The Hall–Kier alpha value is -2.22. The normalized spacial score (nSPS) is 11.1. The van der Waals surface area contributed by atoms with Crippen LogP contribution in [0.5, 0.6) is 5.75 Å². The van der Waals surface area contributed by atoms with Crippen LogP contribution in [0, 0.1) is 11.3 Å². The van der Waals surface area contributed by atoms with Crippen molar-refractivity contribution in [3.63, 3.8) is 0 Å². The quantitative estimate of drug-likeness (QED) is 0.749.